The third kappa shape index (κ3) is 6.24. The quantitative estimate of drug-likeness (QED) is 0.136. The Morgan fingerprint density at radius 2 is 1.77 bits per heavy atom. The average Bonchev–Trinajstić information content (AvgIpc) is 3.46. The number of nitrogens with one attached hydrogen (secondary N) is 3. The van der Waals surface area contributed by atoms with Crippen molar-refractivity contribution in [2.24, 2.45) is 10.2 Å². The summed E-state index contributed by atoms with van der Waals surface area (Å²) in [4.78, 5) is 45.7. The second kappa shape index (κ2) is 13.0. The molecule has 13 nitrogen and oxygen atoms in total. The zero-order chi connectivity index (χ0) is 31.1. The van der Waals surface area contributed by atoms with Crippen LogP contribution in [0.3, 0.4) is 0 Å². The van der Waals surface area contributed by atoms with Crippen LogP contribution in [0, 0.1) is 6.57 Å². The molecule has 3 amide bonds. The van der Waals surface area contributed by atoms with Crippen molar-refractivity contribution in [3.8, 4) is 11.6 Å². The summed E-state index contributed by atoms with van der Waals surface area (Å²) in [5.74, 6) is -1.48. The predicted molar refractivity (Wildman–Crippen MR) is 163 cm³/mol. The second-order valence-corrected chi connectivity index (χ2v) is 9.28. The fraction of sp³-hybridized carbons (Fsp3) is 0.0968. The van der Waals surface area contributed by atoms with Gasteiger partial charge in [0.2, 0.25) is 5.91 Å². The van der Waals surface area contributed by atoms with Crippen LogP contribution in [0.25, 0.3) is 21.4 Å². The van der Waals surface area contributed by atoms with Crippen molar-refractivity contribution in [3.05, 3.63) is 108 Å². The van der Waals surface area contributed by atoms with E-state index in [0.29, 0.717) is 28.8 Å². The number of carbonyl (C=O) groups is 3. The highest BCUT2D eigenvalue weighted by molar-refractivity contribution is 6.12. The first-order valence-corrected chi connectivity index (χ1v) is 13.4. The average molecular weight is 588 g/mol. The third-order valence-corrected chi connectivity index (χ3v) is 6.36. The van der Waals surface area contributed by atoms with Gasteiger partial charge in [-0.1, -0.05) is 30.3 Å². The van der Waals surface area contributed by atoms with Gasteiger partial charge in [0.25, 0.3) is 17.5 Å². The Hall–Kier alpha value is -6.42. The minimum atomic E-state index is -0.626. The van der Waals surface area contributed by atoms with Crippen LogP contribution in [-0.2, 0) is 4.79 Å². The number of nitrogens with zero attached hydrogens (tertiary/aromatic N) is 6. The molecule has 2 aromatic heterocycles. The molecule has 0 radical (unpaired) electrons. The Bertz CT molecular complexity index is 1930. The van der Waals surface area contributed by atoms with Crippen molar-refractivity contribution < 1.29 is 19.5 Å². The molecule has 0 bridgehead atoms. The van der Waals surface area contributed by atoms with Crippen molar-refractivity contribution in [1.29, 1.82) is 0 Å². The second-order valence-electron chi connectivity index (χ2n) is 9.28. The van der Waals surface area contributed by atoms with E-state index in [0.717, 1.165) is 0 Å². The van der Waals surface area contributed by atoms with Gasteiger partial charge in [-0.05, 0) is 54.8 Å². The lowest BCUT2D eigenvalue weighted by Crippen LogP contribution is -2.36. The normalized spacial score (nSPS) is 10.8. The molecular weight excluding hydrogens is 562 g/mol. The molecule has 44 heavy (non-hydrogen) atoms. The Kier molecular flexibility index (Phi) is 8.62. The summed E-state index contributed by atoms with van der Waals surface area (Å²) in [6.07, 6.45) is 2.89. The molecular formula is C31H25N9O4. The number of amides is 3. The van der Waals surface area contributed by atoms with Crippen molar-refractivity contribution in [1.82, 2.24) is 25.4 Å². The van der Waals surface area contributed by atoms with Crippen LogP contribution in [0.1, 0.15) is 27.6 Å². The fourth-order valence-electron chi connectivity index (χ4n) is 4.28. The molecule has 0 saturated carbocycles. The van der Waals surface area contributed by atoms with Gasteiger partial charge in [-0.25, -0.2) is 14.5 Å². The number of azo groups is 1. The fourth-order valence-corrected chi connectivity index (χ4v) is 4.28. The Balaban J connectivity index is 1.60. The number of fused-ring (bicyclic) bond motifs is 1. The summed E-state index contributed by atoms with van der Waals surface area (Å²) in [6.45, 7) is 9.54. The highest BCUT2D eigenvalue weighted by Crippen LogP contribution is 2.41. The number of rotatable bonds is 9. The number of carbonyl (C=O) groups excluding carboxylic acids is 3. The number of benzene rings is 3. The Morgan fingerprint density at radius 1 is 0.977 bits per heavy atom. The standard InChI is InChI=1S/C31H25N9O4/c1-3-33-26(41)18-35-30(43)19-12-13-22-20(15-19)16-23(31(44)37-21-9-5-4-6-10-21)28(42)27(22)38-39-29-24(32-2)17-36-40(29)25-11-7-8-14-34-25/h4-17,42H,3,18H2,1H3,(H,33,41)(H,35,43)(H,37,44)/b39-38+. The minimum absolute atomic E-state index is 0.0618. The highest BCUT2D eigenvalue weighted by Gasteiger charge is 2.21. The minimum Gasteiger partial charge on any atom is -0.505 e. The van der Waals surface area contributed by atoms with Gasteiger partial charge in [-0.2, -0.15) is 5.10 Å². The van der Waals surface area contributed by atoms with E-state index >= 15 is 0 Å². The number of para-hydroxylation sites is 1. The van der Waals surface area contributed by atoms with Crippen LogP contribution in [0.15, 0.2) is 95.4 Å². The van der Waals surface area contributed by atoms with E-state index in [4.69, 9.17) is 6.57 Å². The molecule has 5 rings (SSSR count). The molecule has 0 atom stereocenters. The number of aromatic hydroxyl groups is 1. The van der Waals surface area contributed by atoms with Crippen molar-refractivity contribution in [3.63, 3.8) is 0 Å². The van der Waals surface area contributed by atoms with Crippen LogP contribution in [0.4, 0.5) is 22.9 Å². The van der Waals surface area contributed by atoms with Gasteiger partial charge in [-0.15, -0.1) is 10.2 Å². The van der Waals surface area contributed by atoms with Crippen LogP contribution in [-0.4, -0.2) is 50.7 Å². The van der Waals surface area contributed by atoms with Crippen LogP contribution in [0.5, 0.6) is 5.75 Å². The number of phenolic OH excluding ortho intramolecular Hbond substituents is 1. The first-order valence-electron chi connectivity index (χ1n) is 13.4. The number of anilines is 1. The van der Waals surface area contributed by atoms with E-state index in [2.05, 4.69) is 41.1 Å². The highest BCUT2D eigenvalue weighted by atomic mass is 16.3. The summed E-state index contributed by atoms with van der Waals surface area (Å²) in [5, 5.41) is 32.7. The number of pyridine rings is 1. The SMILES string of the molecule is [C-]#[N+]c1cnn(-c2ccccn2)c1/N=N/c1c(O)c(C(=O)Nc2ccccc2)cc2cc(C(=O)NCC(=O)NCC)ccc12. The molecule has 0 aliphatic rings. The van der Waals surface area contributed by atoms with Gasteiger partial charge in [-0.3, -0.25) is 14.4 Å². The van der Waals surface area contributed by atoms with Gasteiger partial charge >= 0.3 is 0 Å². The molecule has 0 spiro atoms. The maximum atomic E-state index is 13.3. The summed E-state index contributed by atoms with van der Waals surface area (Å²) in [6, 6.07) is 19.9. The number of hydrogen-bond acceptors (Lipinski definition) is 8. The topological polar surface area (TPSA) is 167 Å². The maximum absolute atomic E-state index is 13.3. The molecule has 0 unspecified atom stereocenters. The monoisotopic (exact) mass is 587 g/mol. The number of likely N-dealkylation sites (N-methyl/N-ethyl adjacent to an activating group) is 1. The van der Waals surface area contributed by atoms with Crippen LogP contribution >= 0.6 is 0 Å². The number of aromatic nitrogens is 3. The zero-order valence-corrected chi connectivity index (χ0v) is 23.4. The van der Waals surface area contributed by atoms with Gasteiger partial charge in [0.15, 0.2) is 17.4 Å². The summed E-state index contributed by atoms with van der Waals surface area (Å²) in [5.41, 5.74) is 0.610. The Labute approximate surface area is 251 Å². The first-order chi connectivity index (χ1) is 21.4. The summed E-state index contributed by atoms with van der Waals surface area (Å²) in [7, 11) is 0. The molecule has 5 aromatic rings. The first kappa shape index (κ1) is 29.1. The van der Waals surface area contributed by atoms with E-state index in [-0.39, 0.29) is 40.8 Å². The number of hydrogen-bond donors (Lipinski definition) is 4. The van der Waals surface area contributed by atoms with Crippen LogP contribution in [0.2, 0.25) is 0 Å². The molecule has 4 N–H and O–H groups in total. The molecule has 218 valence electrons. The van der Waals surface area contributed by atoms with Crippen LogP contribution < -0.4 is 16.0 Å². The molecule has 3 aromatic carbocycles. The van der Waals surface area contributed by atoms with Crippen molar-refractivity contribution in [2.45, 2.75) is 6.92 Å². The predicted octanol–water partition coefficient (Wildman–Crippen LogP) is 5.21. The van der Waals surface area contributed by atoms with E-state index in [1.165, 1.54) is 29.1 Å². The Morgan fingerprint density at radius 3 is 2.50 bits per heavy atom. The molecule has 0 aliphatic heterocycles. The van der Waals surface area contributed by atoms with E-state index in [1.54, 1.807) is 67.7 Å². The molecule has 0 fully saturated rings. The molecule has 13 heteroatoms. The molecule has 2 heterocycles. The summed E-state index contributed by atoms with van der Waals surface area (Å²) < 4.78 is 1.33. The summed E-state index contributed by atoms with van der Waals surface area (Å²) >= 11 is 0. The van der Waals surface area contributed by atoms with Gasteiger partial charge in [0.1, 0.15) is 5.69 Å². The lowest BCUT2D eigenvalue weighted by atomic mass is 10.0. The molecule has 0 aliphatic carbocycles. The lowest BCUT2D eigenvalue weighted by molar-refractivity contribution is -0.120. The maximum Gasteiger partial charge on any atom is 0.259 e. The van der Waals surface area contributed by atoms with Gasteiger partial charge in [0.05, 0.1) is 24.9 Å². The van der Waals surface area contributed by atoms with Crippen molar-refractivity contribution >= 4 is 51.4 Å². The van der Waals surface area contributed by atoms with E-state index in [9.17, 15) is 19.5 Å². The third-order valence-electron chi connectivity index (χ3n) is 6.36. The van der Waals surface area contributed by atoms with Gasteiger partial charge in [0, 0.05) is 29.4 Å². The van der Waals surface area contributed by atoms with E-state index < -0.39 is 17.6 Å². The van der Waals surface area contributed by atoms with Gasteiger partial charge < -0.3 is 21.1 Å². The number of phenols is 1. The van der Waals surface area contributed by atoms with Crippen molar-refractivity contribution in [2.75, 3.05) is 18.4 Å². The van der Waals surface area contributed by atoms with E-state index in [1.807, 2.05) is 0 Å². The smallest absolute Gasteiger partial charge is 0.259 e. The zero-order valence-electron chi connectivity index (χ0n) is 23.4. The largest absolute Gasteiger partial charge is 0.505 e. The molecule has 0 saturated heterocycles. The lowest BCUT2D eigenvalue weighted by Gasteiger charge is -2.12.